The lowest BCUT2D eigenvalue weighted by atomic mass is 9.94. The fraction of sp³-hybridized carbons (Fsp3) is 0.600. The number of halogens is 1. The van der Waals surface area contributed by atoms with E-state index >= 15 is 0 Å². The molecule has 102 valence electrons. The zero-order valence-electron chi connectivity index (χ0n) is 11.8. The molecule has 1 aromatic carbocycles. The molecule has 3 heteroatoms. The first-order chi connectivity index (χ1) is 8.42. The van der Waals surface area contributed by atoms with Crippen molar-refractivity contribution in [3.05, 3.63) is 35.6 Å². The van der Waals surface area contributed by atoms with Gasteiger partial charge in [-0.3, -0.25) is 0 Å². The Kier molecular flexibility index (Phi) is 5.76. The summed E-state index contributed by atoms with van der Waals surface area (Å²) in [6.45, 7) is 7.91. The van der Waals surface area contributed by atoms with Gasteiger partial charge in [0.15, 0.2) is 0 Å². The number of ether oxygens (including phenoxy) is 1. The molecule has 1 rings (SSSR count). The lowest BCUT2D eigenvalue weighted by molar-refractivity contribution is 0.185. The lowest BCUT2D eigenvalue weighted by Gasteiger charge is -2.25. The van der Waals surface area contributed by atoms with Crippen molar-refractivity contribution in [1.29, 1.82) is 0 Å². The fourth-order valence-corrected chi connectivity index (χ4v) is 1.84. The number of nitrogens with one attached hydrogen (secondary N) is 1. The average Bonchev–Trinajstić information content (AvgIpc) is 2.28. The van der Waals surface area contributed by atoms with Crippen molar-refractivity contribution in [3.8, 4) is 0 Å². The maximum atomic E-state index is 13.3. The number of benzene rings is 1. The molecule has 0 saturated heterocycles. The molecule has 0 spiro atoms. The molecule has 1 unspecified atom stereocenters. The number of hydrogen-bond acceptors (Lipinski definition) is 2. The van der Waals surface area contributed by atoms with Crippen LogP contribution >= 0.6 is 0 Å². The monoisotopic (exact) mass is 253 g/mol. The summed E-state index contributed by atoms with van der Waals surface area (Å²) in [6.07, 6.45) is 0.892. The van der Waals surface area contributed by atoms with Gasteiger partial charge in [-0.2, -0.15) is 0 Å². The molecule has 0 aliphatic carbocycles. The van der Waals surface area contributed by atoms with Crippen LogP contribution in [0.4, 0.5) is 4.39 Å². The van der Waals surface area contributed by atoms with E-state index in [9.17, 15) is 4.39 Å². The largest absolute Gasteiger partial charge is 0.385 e. The van der Waals surface area contributed by atoms with Gasteiger partial charge in [-0.1, -0.05) is 12.1 Å². The van der Waals surface area contributed by atoms with Crippen molar-refractivity contribution in [2.45, 2.75) is 38.6 Å². The van der Waals surface area contributed by atoms with E-state index in [2.05, 4.69) is 26.1 Å². The van der Waals surface area contributed by atoms with Gasteiger partial charge in [0, 0.05) is 25.8 Å². The Balaban J connectivity index is 2.71. The quantitative estimate of drug-likeness (QED) is 0.839. The summed E-state index contributed by atoms with van der Waals surface area (Å²) in [6, 6.07) is 6.84. The molecule has 0 radical (unpaired) electrons. The zero-order chi connectivity index (χ0) is 13.6. The molecule has 0 amide bonds. The molecule has 0 bridgehead atoms. The topological polar surface area (TPSA) is 21.3 Å². The van der Waals surface area contributed by atoms with Crippen LogP contribution in [0.5, 0.6) is 0 Å². The fourth-order valence-electron chi connectivity index (χ4n) is 1.84. The van der Waals surface area contributed by atoms with E-state index in [1.165, 1.54) is 6.07 Å². The predicted molar refractivity (Wildman–Crippen MR) is 73.4 cm³/mol. The molecule has 0 fully saturated rings. The van der Waals surface area contributed by atoms with Gasteiger partial charge in [-0.15, -0.1) is 0 Å². The summed E-state index contributed by atoms with van der Waals surface area (Å²) in [5, 5.41) is 3.47. The minimum absolute atomic E-state index is 0.0681. The summed E-state index contributed by atoms with van der Waals surface area (Å²) in [5.74, 6) is 0.102. The molecule has 1 aromatic rings. The second-order valence-electron chi connectivity index (χ2n) is 5.66. The second-order valence-corrected chi connectivity index (χ2v) is 5.66. The maximum Gasteiger partial charge on any atom is 0.123 e. The van der Waals surface area contributed by atoms with Gasteiger partial charge in [0.2, 0.25) is 0 Å². The van der Waals surface area contributed by atoms with Gasteiger partial charge >= 0.3 is 0 Å². The molecule has 0 heterocycles. The highest BCUT2D eigenvalue weighted by Gasteiger charge is 2.16. The first-order valence-corrected chi connectivity index (χ1v) is 6.42. The molecular formula is C15H24FNO. The van der Waals surface area contributed by atoms with Crippen LogP contribution < -0.4 is 5.32 Å². The number of rotatable bonds is 6. The summed E-state index contributed by atoms with van der Waals surface area (Å²) >= 11 is 0. The molecule has 0 aromatic heterocycles. The minimum atomic E-state index is -0.175. The van der Waals surface area contributed by atoms with Gasteiger partial charge in [0.05, 0.1) is 0 Å². The summed E-state index contributed by atoms with van der Waals surface area (Å²) in [5.41, 5.74) is 1.10. The Morgan fingerprint density at radius 3 is 2.61 bits per heavy atom. The Hall–Kier alpha value is -0.930. The first-order valence-electron chi connectivity index (χ1n) is 6.42. The Labute approximate surface area is 110 Å². The maximum absolute atomic E-state index is 13.3. The highest BCUT2D eigenvalue weighted by molar-refractivity contribution is 5.21. The van der Waals surface area contributed by atoms with E-state index < -0.39 is 0 Å². The highest BCUT2D eigenvalue weighted by Crippen LogP contribution is 2.20. The summed E-state index contributed by atoms with van der Waals surface area (Å²) in [7, 11) is 1.69. The van der Waals surface area contributed by atoms with Crippen LogP contribution in [0.15, 0.2) is 24.3 Å². The molecule has 18 heavy (non-hydrogen) atoms. The third kappa shape index (κ3) is 5.61. The molecule has 0 aliphatic rings. The first kappa shape index (κ1) is 15.1. The van der Waals surface area contributed by atoms with Crippen LogP contribution in [0.3, 0.4) is 0 Å². The van der Waals surface area contributed by atoms with E-state index in [1.807, 2.05) is 6.07 Å². The van der Waals surface area contributed by atoms with Crippen molar-refractivity contribution in [3.63, 3.8) is 0 Å². The molecule has 2 nitrogen and oxygen atoms in total. The number of hydrogen-bond donors (Lipinski definition) is 1. The minimum Gasteiger partial charge on any atom is -0.385 e. The Morgan fingerprint density at radius 2 is 2.06 bits per heavy atom. The summed E-state index contributed by atoms with van der Waals surface area (Å²) in [4.78, 5) is 0. The standard InChI is InChI=1S/C15H24FNO/c1-15(2,3)17-11-13(8-9-18-4)12-6-5-7-14(16)10-12/h5-7,10,13,17H,8-9,11H2,1-4H3. The Morgan fingerprint density at radius 1 is 1.33 bits per heavy atom. The van der Waals surface area contributed by atoms with Crippen LogP contribution in [0.2, 0.25) is 0 Å². The van der Waals surface area contributed by atoms with Gasteiger partial charge < -0.3 is 10.1 Å². The van der Waals surface area contributed by atoms with Crippen LogP contribution in [0.1, 0.15) is 38.7 Å². The third-order valence-corrected chi connectivity index (χ3v) is 2.87. The Bertz CT molecular complexity index is 360. The van der Waals surface area contributed by atoms with Crippen molar-refractivity contribution in [2.24, 2.45) is 0 Å². The van der Waals surface area contributed by atoms with Gasteiger partial charge in [0.25, 0.3) is 0 Å². The second kappa shape index (κ2) is 6.86. The molecule has 1 atom stereocenters. The van der Waals surface area contributed by atoms with Crippen LogP contribution in [0, 0.1) is 5.82 Å². The van der Waals surface area contributed by atoms with Crippen molar-refractivity contribution in [2.75, 3.05) is 20.3 Å². The van der Waals surface area contributed by atoms with Crippen molar-refractivity contribution < 1.29 is 9.13 Å². The van der Waals surface area contributed by atoms with Gasteiger partial charge in [-0.05, 0) is 50.8 Å². The van der Waals surface area contributed by atoms with E-state index in [0.29, 0.717) is 6.61 Å². The lowest BCUT2D eigenvalue weighted by Crippen LogP contribution is -2.38. The summed E-state index contributed by atoms with van der Waals surface area (Å²) < 4.78 is 18.4. The highest BCUT2D eigenvalue weighted by atomic mass is 19.1. The number of methoxy groups -OCH3 is 1. The zero-order valence-corrected chi connectivity index (χ0v) is 11.8. The smallest absolute Gasteiger partial charge is 0.123 e. The van der Waals surface area contributed by atoms with E-state index in [0.717, 1.165) is 18.5 Å². The van der Waals surface area contributed by atoms with E-state index in [4.69, 9.17) is 4.74 Å². The van der Waals surface area contributed by atoms with Crippen LogP contribution in [-0.2, 0) is 4.74 Å². The third-order valence-electron chi connectivity index (χ3n) is 2.87. The predicted octanol–water partition coefficient (Wildman–Crippen LogP) is 3.33. The molecule has 0 aliphatic heterocycles. The van der Waals surface area contributed by atoms with Crippen LogP contribution in [0.25, 0.3) is 0 Å². The normalized spacial score (nSPS) is 13.6. The van der Waals surface area contributed by atoms with Crippen LogP contribution in [-0.4, -0.2) is 25.8 Å². The molecule has 1 N–H and O–H groups in total. The SMILES string of the molecule is COCCC(CNC(C)(C)C)c1cccc(F)c1. The van der Waals surface area contributed by atoms with E-state index in [-0.39, 0.29) is 17.3 Å². The van der Waals surface area contributed by atoms with Gasteiger partial charge in [0.1, 0.15) is 5.82 Å². The average molecular weight is 253 g/mol. The van der Waals surface area contributed by atoms with Crippen molar-refractivity contribution in [1.82, 2.24) is 5.32 Å². The van der Waals surface area contributed by atoms with Gasteiger partial charge in [-0.25, -0.2) is 4.39 Å². The molecule has 0 saturated carbocycles. The molecular weight excluding hydrogens is 229 g/mol. The van der Waals surface area contributed by atoms with Crippen molar-refractivity contribution >= 4 is 0 Å². The van der Waals surface area contributed by atoms with E-state index in [1.54, 1.807) is 19.2 Å².